The molecule has 35 heavy (non-hydrogen) atoms. The van der Waals surface area contributed by atoms with Crippen LogP contribution in [0.25, 0.3) is 0 Å². The molecule has 1 N–H and O–H groups in total. The molecule has 0 radical (unpaired) electrons. The largest absolute Gasteiger partial charge is 0.496 e. The van der Waals surface area contributed by atoms with Crippen LogP contribution in [0.2, 0.25) is 0 Å². The summed E-state index contributed by atoms with van der Waals surface area (Å²) < 4.78 is 5.45. The van der Waals surface area contributed by atoms with Crippen LogP contribution in [0.1, 0.15) is 56.5 Å². The minimum Gasteiger partial charge on any atom is -0.496 e. The third-order valence-corrected chi connectivity index (χ3v) is 6.28. The molecule has 8 heteroatoms. The van der Waals surface area contributed by atoms with Crippen LogP contribution in [0.15, 0.2) is 48.7 Å². The summed E-state index contributed by atoms with van der Waals surface area (Å²) in [7, 11) is 3.24. The van der Waals surface area contributed by atoms with E-state index >= 15 is 0 Å². The van der Waals surface area contributed by atoms with Crippen LogP contribution in [-0.2, 0) is 12.8 Å². The Labute approximate surface area is 205 Å². The predicted molar refractivity (Wildman–Crippen MR) is 133 cm³/mol. The summed E-state index contributed by atoms with van der Waals surface area (Å²) in [5.41, 5.74) is 3.70. The maximum atomic E-state index is 13.4. The van der Waals surface area contributed by atoms with Crippen molar-refractivity contribution in [2.75, 3.05) is 27.2 Å². The number of benzene rings is 1. The molecule has 0 unspecified atom stereocenters. The van der Waals surface area contributed by atoms with Gasteiger partial charge in [0.25, 0.3) is 11.8 Å². The number of piperidine rings is 1. The van der Waals surface area contributed by atoms with E-state index in [1.165, 1.54) is 0 Å². The number of methoxy groups -OCH3 is 1. The molecule has 1 fully saturated rings. The van der Waals surface area contributed by atoms with Crippen molar-refractivity contribution >= 4 is 11.8 Å². The van der Waals surface area contributed by atoms with E-state index in [4.69, 9.17) is 4.74 Å². The fraction of sp³-hybridized carbons (Fsp3) is 0.370. The van der Waals surface area contributed by atoms with Gasteiger partial charge in [0, 0.05) is 55.3 Å². The van der Waals surface area contributed by atoms with E-state index in [0.29, 0.717) is 36.5 Å². The standard InChI is InChI=1S/C27H31N5O3/c1-18-30-23(16-24(31-18)26(33)28-2)13-19-7-6-12-32(17-19)27(34)21-10-11-29-22(15-21)14-20-8-4-5-9-25(20)35-3/h4-5,8-11,15-16,19H,6-7,12-14,17H2,1-3H3,(H,28,33)/t19-/m1/s1. The van der Waals surface area contributed by atoms with E-state index in [1.807, 2.05) is 35.2 Å². The second-order valence-electron chi connectivity index (χ2n) is 8.86. The summed E-state index contributed by atoms with van der Waals surface area (Å²) in [5.74, 6) is 1.45. The normalized spacial score (nSPS) is 15.5. The zero-order chi connectivity index (χ0) is 24.8. The zero-order valence-electron chi connectivity index (χ0n) is 20.5. The van der Waals surface area contributed by atoms with Gasteiger partial charge in [-0.15, -0.1) is 0 Å². The molecule has 8 nitrogen and oxygen atoms in total. The van der Waals surface area contributed by atoms with Gasteiger partial charge in [0.05, 0.1) is 7.11 Å². The lowest BCUT2D eigenvalue weighted by Gasteiger charge is -2.33. The molecular weight excluding hydrogens is 442 g/mol. The first-order chi connectivity index (χ1) is 17.0. The molecule has 3 heterocycles. The predicted octanol–water partition coefficient (Wildman–Crippen LogP) is 3.23. The minimum absolute atomic E-state index is 0.0169. The number of carbonyl (C=O) groups excluding carboxylic acids is 2. The summed E-state index contributed by atoms with van der Waals surface area (Å²) in [4.78, 5) is 40.5. The highest BCUT2D eigenvalue weighted by atomic mass is 16.5. The maximum Gasteiger partial charge on any atom is 0.269 e. The van der Waals surface area contributed by atoms with Gasteiger partial charge in [-0.1, -0.05) is 18.2 Å². The number of likely N-dealkylation sites (tertiary alicyclic amines) is 1. The van der Waals surface area contributed by atoms with Crippen molar-refractivity contribution < 1.29 is 14.3 Å². The second kappa shape index (κ2) is 11.1. The number of hydrogen-bond acceptors (Lipinski definition) is 6. The number of aromatic nitrogens is 3. The van der Waals surface area contributed by atoms with Crippen LogP contribution < -0.4 is 10.1 Å². The molecule has 4 rings (SSSR count). The Kier molecular flexibility index (Phi) is 7.70. The van der Waals surface area contributed by atoms with Gasteiger partial charge in [-0.2, -0.15) is 0 Å². The number of carbonyl (C=O) groups is 2. The van der Waals surface area contributed by atoms with Crippen LogP contribution in [0.5, 0.6) is 5.75 Å². The number of amides is 2. The molecule has 182 valence electrons. The third kappa shape index (κ3) is 6.01. The second-order valence-corrected chi connectivity index (χ2v) is 8.86. The van der Waals surface area contributed by atoms with Gasteiger partial charge in [0.15, 0.2) is 0 Å². The summed E-state index contributed by atoms with van der Waals surface area (Å²) in [6.45, 7) is 3.17. The quantitative estimate of drug-likeness (QED) is 0.566. The monoisotopic (exact) mass is 473 g/mol. The Balaban J connectivity index is 1.45. The average molecular weight is 474 g/mol. The number of para-hydroxylation sites is 1. The molecule has 0 aliphatic carbocycles. The van der Waals surface area contributed by atoms with Crippen molar-refractivity contribution in [2.45, 2.75) is 32.6 Å². The lowest BCUT2D eigenvalue weighted by molar-refractivity contribution is 0.0672. The Morgan fingerprint density at radius 3 is 2.77 bits per heavy atom. The summed E-state index contributed by atoms with van der Waals surface area (Å²) >= 11 is 0. The molecule has 1 aliphatic heterocycles. The third-order valence-electron chi connectivity index (χ3n) is 6.28. The van der Waals surface area contributed by atoms with E-state index in [-0.39, 0.29) is 17.7 Å². The smallest absolute Gasteiger partial charge is 0.269 e. The number of ether oxygens (including phenoxy) is 1. The molecule has 1 saturated heterocycles. The van der Waals surface area contributed by atoms with Crippen molar-refractivity contribution in [2.24, 2.45) is 5.92 Å². The lowest BCUT2D eigenvalue weighted by Crippen LogP contribution is -2.40. The number of nitrogens with one attached hydrogen (secondary N) is 1. The molecule has 0 bridgehead atoms. The molecule has 2 aromatic heterocycles. The molecule has 1 aliphatic rings. The highest BCUT2D eigenvalue weighted by molar-refractivity contribution is 5.94. The molecule has 0 saturated carbocycles. The Morgan fingerprint density at radius 1 is 1.14 bits per heavy atom. The van der Waals surface area contributed by atoms with E-state index in [9.17, 15) is 9.59 Å². The van der Waals surface area contributed by atoms with Crippen LogP contribution in [-0.4, -0.2) is 58.9 Å². The van der Waals surface area contributed by atoms with Crippen LogP contribution in [0.3, 0.4) is 0 Å². The van der Waals surface area contributed by atoms with Gasteiger partial charge >= 0.3 is 0 Å². The van der Waals surface area contributed by atoms with Crippen molar-refractivity contribution in [3.63, 3.8) is 0 Å². The van der Waals surface area contributed by atoms with Gasteiger partial charge < -0.3 is 15.0 Å². The molecule has 1 aromatic carbocycles. The Bertz CT molecular complexity index is 1210. The topological polar surface area (TPSA) is 97.3 Å². The molecular formula is C27H31N5O3. The van der Waals surface area contributed by atoms with E-state index < -0.39 is 0 Å². The van der Waals surface area contributed by atoms with E-state index in [2.05, 4.69) is 20.3 Å². The van der Waals surface area contributed by atoms with Crippen molar-refractivity contribution in [1.29, 1.82) is 0 Å². The average Bonchev–Trinajstić information content (AvgIpc) is 2.88. The van der Waals surface area contributed by atoms with E-state index in [1.54, 1.807) is 39.4 Å². The summed E-state index contributed by atoms with van der Waals surface area (Å²) in [6, 6.07) is 13.2. The number of nitrogens with zero attached hydrogens (tertiary/aromatic N) is 4. The van der Waals surface area contributed by atoms with Gasteiger partial charge in [-0.05, 0) is 56.4 Å². The number of rotatable bonds is 7. The fourth-order valence-electron chi connectivity index (χ4n) is 4.62. The lowest BCUT2D eigenvalue weighted by atomic mass is 9.92. The molecule has 2 amide bonds. The van der Waals surface area contributed by atoms with Gasteiger partial charge in [-0.25, -0.2) is 9.97 Å². The summed E-state index contributed by atoms with van der Waals surface area (Å²) in [5, 5.41) is 2.61. The molecule has 0 spiro atoms. The zero-order valence-corrected chi connectivity index (χ0v) is 20.5. The first kappa shape index (κ1) is 24.3. The Hall–Kier alpha value is -3.81. The van der Waals surface area contributed by atoms with Crippen molar-refractivity contribution in [1.82, 2.24) is 25.2 Å². The van der Waals surface area contributed by atoms with Crippen LogP contribution in [0.4, 0.5) is 0 Å². The SMILES string of the molecule is CNC(=O)c1cc(C[C@H]2CCCN(C(=O)c3ccnc(Cc4ccccc4OC)c3)C2)nc(C)n1. The minimum atomic E-state index is -0.223. The van der Waals surface area contributed by atoms with Crippen LogP contribution in [0, 0.1) is 12.8 Å². The fourth-order valence-corrected chi connectivity index (χ4v) is 4.62. The van der Waals surface area contributed by atoms with Crippen molar-refractivity contribution in [3.8, 4) is 5.75 Å². The number of hydrogen-bond donors (Lipinski definition) is 1. The van der Waals surface area contributed by atoms with Crippen LogP contribution >= 0.6 is 0 Å². The number of aryl methyl sites for hydroxylation is 1. The molecule has 1 atom stereocenters. The highest BCUT2D eigenvalue weighted by Crippen LogP contribution is 2.24. The molecule has 3 aromatic rings. The summed E-state index contributed by atoms with van der Waals surface area (Å²) in [6.07, 6.45) is 4.93. The highest BCUT2D eigenvalue weighted by Gasteiger charge is 2.26. The number of pyridine rings is 1. The van der Waals surface area contributed by atoms with Crippen molar-refractivity contribution in [3.05, 3.63) is 82.7 Å². The first-order valence-electron chi connectivity index (χ1n) is 11.9. The first-order valence-corrected chi connectivity index (χ1v) is 11.9. The van der Waals surface area contributed by atoms with Gasteiger partial charge in [-0.3, -0.25) is 14.6 Å². The maximum absolute atomic E-state index is 13.4. The van der Waals surface area contributed by atoms with Gasteiger partial charge in [0.2, 0.25) is 0 Å². The van der Waals surface area contributed by atoms with Gasteiger partial charge in [0.1, 0.15) is 17.3 Å². The Morgan fingerprint density at radius 2 is 1.97 bits per heavy atom. The van der Waals surface area contributed by atoms with E-state index in [0.717, 1.165) is 42.1 Å².